The first kappa shape index (κ1) is 12.1. The molecule has 0 fully saturated rings. The second kappa shape index (κ2) is 4.97. The van der Waals surface area contributed by atoms with E-state index in [-0.39, 0.29) is 5.56 Å². The number of nitrogens with one attached hydrogen (secondary N) is 1. The lowest BCUT2D eigenvalue weighted by Gasteiger charge is -2.05. The van der Waals surface area contributed by atoms with Crippen LogP contribution < -0.4 is 11.3 Å². The molecule has 0 aliphatic rings. The van der Waals surface area contributed by atoms with Gasteiger partial charge in [-0.2, -0.15) is 0 Å². The summed E-state index contributed by atoms with van der Waals surface area (Å²) in [6.07, 6.45) is 3.31. The molecule has 2 heterocycles. The van der Waals surface area contributed by atoms with Crippen LogP contribution >= 0.6 is 0 Å². The third-order valence-corrected chi connectivity index (χ3v) is 2.88. The Hall–Kier alpha value is -2.95. The largest absolute Gasteiger partial charge is 0.399 e. The molecule has 0 aliphatic carbocycles. The summed E-state index contributed by atoms with van der Waals surface area (Å²) < 4.78 is 0. The molecule has 0 aliphatic heterocycles. The molecule has 5 nitrogen and oxygen atoms in total. The molecule has 0 saturated heterocycles. The molecular weight excluding hydrogens is 252 g/mol. The fourth-order valence-electron chi connectivity index (χ4n) is 1.95. The predicted molar refractivity (Wildman–Crippen MR) is 77.9 cm³/mol. The fraction of sp³-hybridized carbons (Fsp3) is 0. The Balaban J connectivity index is 2.15. The molecule has 20 heavy (non-hydrogen) atoms. The highest BCUT2D eigenvalue weighted by atomic mass is 16.1. The fourth-order valence-corrected chi connectivity index (χ4v) is 1.95. The number of aromatic nitrogens is 3. The van der Waals surface area contributed by atoms with Crippen molar-refractivity contribution in [1.82, 2.24) is 15.0 Å². The SMILES string of the molecule is Nc1cccc(-c2cc(=O)[nH]c(-c3ccncc3)n2)c1. The third-order valence-electron chi connectivity index (χ3n) is 2.88. The van der Waals surface area contributed by atoms with Gasteiger partial charge in [-0.05, 0) is 24.3 Å². The van der Waals surface area contributed by atoms with Gasteiger partial charge in [-0.15, -0.1) is 0 Å². The highest BCUT2D eigenvalue weighted by Crippen LogP contribution is 2.20. The van der Waals surface area contributed by atoms with Crippen molar-refractivity contribution >= 4 is 5.69 Å². The van der Waals surface area contributed by atoms with Crippen molar-refractivity contribution < 1.29 is 0 Å². The van der Waals surface area contributed by atoms with Gasteiger partial charge in [0, 0.05) is 35.3 Å². The second-order valence-electron chi connectivity index (χ2n) is 4.34. The van der Waals surface area contributed by atoms with Crippen molar-refractivity contribution in [2.45, 2.75) is 0 Å². The van der Waals surface area contributed by atoms with Gasteiger partial charge >= 0.3 is 0 Å². The van der Waals surface area contributed by atoms with Crippen LogP contribution in [-0.2, 0) is 0 Å². The quantitative estimate of drug-likeness (QED) is 0.694. The number of aromatic amines is 1. The molecule has 0 bridgehead atoms. The van der Waals surface area contributed by atoms with Crippen LogP contribution in [0.25, 0.3) is 22.6 Å². The summed E-state index contributed by atoms with van der Waals surface area (Å²) in [5, 5.41) is 0. The average Bonchev–Trinajstić information content (AvgIpc) is 2.47. The molecule has 1 aromatic carbocycles. The summed E-state index contributed by atoms with van der Waals surface area (Å²) >= 11 is 0. The van der Waals surface area contributed by atoms with E-state index in [1.165, 1.54) is 6.07 Å². The number of hydrogen-bond donors (Lipinski definition) is 2. The zero-order chi connectivity index (χ0) is 13.9. The summed E-state index contributed by atoms with van der Waals surface area (Å²) in [7, 11) is 0. The summed E-state index contributed by atoms with van der Waals surface area (Å²) in [4.78, 5) is 22.9. The van der Waals surface area contributed by atoms with E-state index in [2.05, 4.69) is 15.0 Å². The van der Waals surface area contributed by atoms with Crippen LogP contribution in [0.5, 0.6) is 0 Å². The highest BCUT2D eigenvalue weighted by molar-refractivity contribution is 5.66. The predicted octanol–water partition coefficient (Wildman–Crippen LogP) is 2.08. The first-order chi connectivity index (χ1) is 9.72. The van der Waals surface area contributed by atoms with E-state index in [9.17, 15) is 4.79 Å². The van der Waals surface area contributed by atoms with Crippen LogP contribution in [-0.4, -0.2) is 15.0 Å². The molecule has 3 rings (SSSR count). The van der Waals surface area contributed by atoms with Crippen molar-refractivity contribution in [3.63, 3.8) is 0 Å². The maximum absolute atomic E-state index is 11.8. The zero-order valence-electron chi connectivity index (χ0n) is 10.6. The van der Waals surface area contributed by atoms with E-state index in [4.69, 9.17) is 5.73 Å². The Kier molecular flexibility index (Phi) is 3.01. The van der Waals surface area contributed by atoms with Crippen LogP contribution in [0.4, 0.5) is 5.69 Å². The van der Waals surface area contributed by atoms with Gasteiger partial charge in [0.1, 0.15) is 5.82 Å². The van der Waals surface area contributed by atoms with Crippen molar-refractivity contribution in [3.8, 4) is 22.6 Å². The lowest BCUT2D eigenvalue weighted by Crippen LogP contribution is -2.08. The molecule has 0 unspecified atom stereocenters. The molecule has 0 amide bonds. The van der Waals surface area contributed by atoms with Gasteiger partial charge in [0.15, 0.2) is 0 Å². The zero-order valence-corrected chi connectivity index (χ0v) is 10.6. The Bertz CT molecular complexity index is 796. The van der Waals surface area contributed by atoms with E-state index in [1.54, 1.807) is 36.7 Å². The number of pyridine rings is 1. The Labute approximate surface area is 115 Å². The van der Waals surface area contributed by atoms with Crippen molar-refractivity contribution in [2.75, 3.05) is 5.73 Å². The second-order valence-corrected chi connectivity index (χ2v) is 4.34. The molecule has 3 N–H and O–H groups in total. The minimum Gasteiger partial charge on any atom is -0.399 e. The summed E-state index contributed by atoms with van der Waals surface area (Å²) in [6, 6.07) is 12.3. The van der Waals surface area contributed by atoms with Gasteiger partial charge in [-0.1, -0.05) is 12.1 Å². The smallest absolute Gasteiger partial charge is 0.251 e. The van der Waals surface area contributed by atoms with E-state index < -0.39 is 0 Å². The lowest BCUT2D eigenvalue weighted by molar-refractivity contribution is 1.13. The number of H-pyrrole nitrogens is 1. The van der Waals surface area contributed by atoms with Gasteiger partial charge in [0.2, 0.25) is 0 Å². The monoisotopic (exact) mass is 264 g/mol. The van der Waals surface area contributed by atoms with E-state index >= 15 is 0 Å². The van der Waals surface area contributed by atoms with Gasteiger partial charge in [0.05, 0.1) is 5.69 Å². The summed E-state index contributed by atoms with van der Waals surface area (Å²) in [6.45, 7) is 0. The molecule has 0 atom stereocenters. The number of benzene rings is 1. The molecule has 0 spiro atoms. The number of nitrogens with zero attached hydrogens (tertiary/aromatic N) is 2. The molecular formula is C15H12N4O. The maximum atomic E-state index is 11.8. The number of anilines is 1. The van der Waals surface area contributed by atoms with Crippen molar-refractivity contribution in [2.24, 2.45) is 0 Å². The normalized spacial score (nSPS) is 10.4. The molecule has 0 saturated carbocycles. The van der Waals surface area contributed by atoms with E-state index in [0.29, 0.717) is 17.2 Å². The first-order valence-corrected chi connectivity index (χ1v) is 6.10. The third kappa shape index (κ3) is 2.42. The Morgan fingerprint density at radius 1 is 1.00 bits per heavy atom. The van der Waals surface area contributed by atoms with Gasteiger partial charge < -0.3 is 10.7 Å². The standard InChI is InChI=1S/C15H12N4O/c16-12-3-1-2-11(8-12)13-9-14(20)19-15(18-13)10-4-6-17-7-5-10/h1-9H,16H2,(H,18,19,20). The minimum atomic E-state index is -0.204. The van der Waals surface area contributed by atoms with Crippen LogP contribution in [0.3, 0.4) is 0 Å². The number of rotatable bonds is 2. The molecule has 98 valence electrons. The summed E-state index contributed by atoms with van der Waals surface area (Å²) in [5.74, 6) is 0.511. The highest BCUT2D eigenvalue weighted by Gasteiger charge is 2.06. The molecule has 0 radical (unpaired) electrons. The van der Waals surface area contributed by atoms with Crippen LogP contribution in [0.2, 0.25) is 0 Å². The van der Waals surface area contributed by atoms with Gasteiger partial charge in [-0.3, -0.25) is 9.78 Å². The van der Waals surface area contributed by atoms with Gasteiger partial charge in [0.25, 0.3) is 5.56 Å². The Morgan fingerprint density at radius 3 is 2.55 bits per heavy atom. The molecule has 2 aromatic heterocycles. The van der Waals surface area contributed by atoms with Crippen molar-refractivity contribution in [3.05, 3.63) is 65.2 Å². The van der Waals surface area contributed by atoms with Crippen molar-refractivity contribution in [1.29, 1.82) is 0 Å². The first-order valence-electron chi connectivity index (χ1n) is 6.10. The topological polar surface area (TPSA) is 84.7 Å². The average molecular weight is 264 g/mol. The number of nitrogens with two attached hydrogens (primary N) is 1. The van der Waals surface area contributed by atoms with Crippen LogP contribution in [0.15, 0.2) is 59.7 Å². The van der Waals surface area contributed by atoms with Crippen LogP contribution in [0.1, 0.15) is 0 Å². The Morgan fingerprint density at radius 2 is 1.80 bits per heavy atom. The lowest BCUT2D eigenvalue weighted by atomic mass is 10.1. The molecule has 5 heteroatoms. The van der Waals surface area contributed by atoms with Crippen LogP contribution in [0, 0.1) is 0 Å². The molecule has 3 aromatic rings. The van der Waals surface area contributed by atoms with E-state index in [1.807, 2.05) is 12.1 Å². The number of hydrogen-bond acceptors (Lipinski definition) is 4. The summed E-state index contributed by atoms with van der Waals surface area (Å²) in [5.41, 5.74) is 8.40. The maximum Gasteiger partial charge on any atom is 0.251 e. The minimum absolute atomic E-state index is 0.204. The van der Waals surface area contributed by atoms with E-state index in [0.717, 1.165) is 11.1 Å². The van der Waals surface area contributed by atoms with Gasteiger partial charge in [-0.25, -0.2) is 4.98 Å². The number of nitrogen functional groups attached to an aromatic ring is 1.